The molecule has 3 nitrogen and oxygen atoms in total. The number of halogens is 1. The third-order valence-electron chi connectivity index (χ3n) is 5.13. The van der Waals surface area contributed by atoms with E-state index in [4.69, 9.17) is 4.74 Å². The van der Waals surface area contributed by atoms with E-state index in [1.807, 2.05) is 12.1 Å². The number of anilines is 1. The Morgan fingerprint density at radius 2 is 1.58 bits per heavy atom. The summed E-state index contributed by atoms with van der Waals surface area (Å²) in [5, 5.41) is 0. The van der Waals surface area contributed by atoms with Crippen LogP contribution in [0, 0.1) is 0 Å². The molecule has 0 aromatic heterocycles. The van der Waals surface area contributed by atoms with E-state index in [0.717, 1.165) is 38.5 Å². The van der Waals surface area contributed by atoms with E-state index in [1.54, 1.807) is 7.11 Å². The van der Waals surface area contributed by atoms with Crippen molar-refractivity contribution in [1.82, 2.24) is 4.90 Å². The Morgan fingerprint density at radius 3 is 2.35 bits per heavy atom. The quantitative estimate of drug-likeness (QED) is 0.609. The van der Waals surface area contributed by atoms with Gasteiger partial charge in [-0.1, -0.05) is 58.4 Å². The summed E-state index contributed by atoms with van der Waals surface area (Å²) in [6, 6.07) is 21.3. The first-order valence-corrected chi connectivity index (χ1v) is 9.82. The number of methoxy groups -OCH3 is 1. The molecule has 2 aliphatic carbocycles. The number of fused-ring (bicyclic) bond motifs is 1. The van der Waals surface area contributed by atoms with Crippen molar-refractivity contribution in [2.45, 2.75) is 6.54 Å². The van der Waals surface area contributed by atoms with E-state index in [-0.39, 0.29) is 0 Å². The van der Waals surface area contributed by atoms with Gasteiger partial charge in [-0.15, -0.1) is 0 Å². The maximum absolute atomic E-state index is 5.52. The average Bonchev–Trinajstić information content (AvgIpc) is 2.85. The smallest absolute Gasteiger partial charge is 0.142 e. The minimum atomic E-state index is 0.958. The SMILES string of the molecule is COc1ccccc1N1CCN(Cc2cc(Br)c3cccccc2-3)CC1. The van der Waals surface area contributed by atoms with Gasteiger partial charge >= 0.3 is 0 Å². The Bertz CT molecular complexity index is 858. The van der Waals surface area contributed by atoms with Crippen LogP contribution in [0.2, 0.25) is 0 Å². The number of ether oxygens (including phenoxy) is 1. The fraction of sp³-hybridized carbons (Fsp3) is 0.273. The molecule has 0 N–H and O–H groups in total. The van der Waals surface area contributed by atoms with Crippen LogP contribution in [-0.2, 0) is 6.54 Å². The summed E-state index contributed by atoms with van der Waals surface area (Å²) >= 11 is 3.72. The van der Waals surface area contributed by atoms with E-state index in [0.29, 0.717) is 0 Å². The van der Waals surface area contributed by atoms with Crippen LogP contribution in [0.4, 0.5) is 5.69 Å². The molecule has 0 amide bonds. The minimum Gasteiger partial charge on any atom is -0.495 e. The summed E-state index contributed by atoms with van der Waals surface area (Å²) in [6.45, 7) is 5.15. The number of para-hydroxylation sites is 2. The predicted octanol–water partition coefficient (Wildman–Crippen LogP) is 4.88. The number of piperazine rings is 1. The van der Waals surface area contributed by atoms with Crippen LogP contribution in [0.5, 0.6) is 5.75 Å². The number of hydrogen-bond donors (Lipinski definition) is 0. The van der Waals surface area contributed by atoms with Gasteiger partial charge in [0.25, 0.3) is 0 Å². The number of benzene rings is 1. The third-order valence-corrected chi connectivity index (χ3v) is 5.79. The molecule has 1 fully saturated rings. The Hall–Kier alpha value is -2.04. The lowest BCUT2D eigenvalue weighted by Crippen LogP contribution is -2.46. The Balaban J connectivity index is 1.45. The molecule has 0 atom stereocenters. The summed E-state index contributed by atoms with van der Waals surface area (Å²) < 4.78 is 6.71. The van der Waals surface area contributed by atoms with Gasteiger partial charge in [0.05, 0.1) is 12.8 Å². The predicted molar refractivity (Wildman–Crippen MR) is 111 cm³/mol. The molecule has 4 rings (SSSR count). The van der Waals surface area contributed by atoms with Crippen molar-refractivity contribution >= 4 is 21.6 Å². The van der Waals surface area contributed by atoms with Gasteiger partial charge in [0, 0.05) is 37.2 Å². The second-order valence-corrected chi connectivity index (χ2v) is 7.54. The van der Waals surface area contributed by atoms with Gasteiger partial charge in [0.15, 0.2) is 0 Å². The van der Waals surface area contributed by atoms with Crippen molar-refractivity contribution in [3.05, 3.63) is 70.7 Å². The molecule has 0 spiro atoms. The topological polar surface area (TPSA) is 15.7 Å². The fourth-order valence-corrected chi connectivity index (χ4v) is 4.38. The van der Waals surface area contributed by atoms with Gasteiger partial charge in [0.2, 0.25) is 0 Å². The highest BCUT2D eigenvalue weighted by Crippen LogP contribution is 2.36. The van der Waals surface area contributed by atoms with Crippen LogP contribution >= 0.6 is 15.9 Å². The second kappa shape index (κ2) is 7.68. The molecule has 1 saturated heterocycles. The molecule has 1 aliphatic heterocycles. The molecule has 0 radical (unpaired) electrons. The largest absolute Gasteiger partial charge is 0.495 e. The lowest BCUT2D eigenvalue weighted by molar-refractivity contribution is 0.249. The van der Waals surface area contributed by atoms with Crippen molar-refractivity contribution in [3.8, 4) is 16.9 Å². The normalized spacial score (nSPS) is 15.4. The Kier molecular flexibility index (Phi) is 5.14. The molecule has 0 bridgehead atoms. The molecule has 1 aromatic carbocycles. The van der Waals surface area contributed by atoms with Crippen LogP contribution in [0.1, 0.15) is 5.56 Å². The third kappa shape index (κ3) is 3.44. The first-order valence-electron chi connectivity index (χ1n) is 9.03. The maximum atomic E-state index is 5.52. The summed E-state index contributed by atoms with van der Waals surface area (Å²) in [5.41, 5.74) is 5.23. The molecule has 1 heterocycles. The monoisotopic (exact) mass is 410 g/mol. The minimum absolute atomic E-state index is 0.958. The Morgan fingerprint density at radius 1 is 0.885 bits per heavy atom. The van der Waals surface area contributed by atoms with E-state index in [9.17, 15) is 0 Å². The zero-order chi connectivity index (χ0) is 17.9. The van der Waals surface area contributed by atoms with Gasteiger partial charge in [-0.2, -0.15) is 0 Å². The first-order chi connectivity index (χ1) is 12.8. The zero-order valence-electron chi connectivity index (χ0n) is 15.0. The molecule has 26 heavy (non-hydrogen) atoms. The highest BCUT2D eigenvalue weighted by Gasteiger charge is 2.21. The van der Waals surface area contributed by atoms with Crippen LogP contribution in [0.3, 0.4) is 0 Å². The standard InChI is InChI=1S/C22H23BrN2O/c1-26-22-10-6-5-9-21(22)25-13-11-24(12-14-25)16-17-15-20(23)19-8-4-2-3-7-18(17)19/h2-10,15H,11-14,16H2,1H3. The van der Waals surface area contributed by atoms with E-state index >= 15 is 0 Å². The van der Waals surface area contributed by atoms with Crippen LogP contribution in [-0.4, -0.2) is 38.2 Å². The van der Waals surface area contributed by atoms with Gasteiger partial charge in [0.1, 0.15) is 5.75 Å². The molecule has 3 aliphatic rings. The fourth-order valence-electron chi connectivity index (χ4n) is 3.75. The summed E-state index contributed by atoms with van der Waals surface area (Å²) in [4.78, 5) is 4.97. The lowest BCUT2D eigenvalue weighted by atomic mass is 10.1. The number of rotatable bonds is 4. The van der Waals surface area contributed by atoms with Crippen LogP contribution in [0.15, 0.2) is 65.1 Å². The second-order valence-electron chi connectivity index (χ2n) is 6.69. The maximum Gasteiger partial charge on any atom is 0.142 e. The van der Waals surface area contributed by atoms with E-state index < -0.39 is 0 Å². The van der Waals surface area contributed by atoms with E-state index in [2.05, 4.69) is 74.3 Å². The van der Waals surface area contributed by atoms with Crippen LogP contribution in [0.25, 0.3) is 11.1 Å². The Labute approximate surface area is 163 Å². The van der Waals surface area contributed by atoms with Crippen molar-refractivity contribution in [2.24, 2.45) is 0 Å². The number of hydrogen-bond acceptors (Lipinski definition) is 3. The first kappa shape index (κ1) is 17.4. The van der Waals surface area contributed by atoms with Crippen LogP contribution < -0.4 is 9.64 Å². The van der Waals surface area contributed by atoms with Gasteiger partial charge in [-0.05, 0) is 34.9 Å². The molecule has 0 saturated carbocycles. The van der Waals surface area contributed by atoms with Crippen molar-refractivity contribution in [2.75, 3.05) is 38.2 Å². The molecular formula is C22H23BrN2O. The lowest BCUT2D eigenvalue weighted by Gasteiger charge is -2.36. The summed E-state index contributed by atoms with van der Waals surface area (Å²) in [7, 11) is 1.74. The molecule has 4 heteroatoms. The van der Waals surface area contributed by atoms with Gasteiger partial charge < -0.3 is 9.64 Å². The summed E-state index contributed by atoms with van der Waals surface area (Å²) in [5.74, 6) is 0.958. The molecular weight excluding hydrogens is 388 g/mol. The average molecular weight is 411 g/mol. The molecule has 134 valence electrons. The van der Waals surface area contributed by atoms with E-state index in [1.165, 1.54) is 26.9 Å². The molecule has 1 aromatic rings. The zero-order valence-corrected chi connectivity index (χ0v) is 16.6. The van der Waals surface area contributed by atoms with Crippen molar-refractivity contribution < 1.29 is 4.74 Å². The summed E-state index contributed by atoms with van der Waals surface area (Å²) in [6.07, 6.45) is 0. The van der Waals surface area contributed by atoms with Gasteiger partial charge in [-0.3, -0.25) is 4.90 Å². The molecule has 0 unspecified atom stereocenters. The highest BCUT2D eigenvalue weighted by atomic mass is 79.9. The number of nitrogens with zero attached hydrogens (tertiary/aromatic N) is 2. The van der Waals surface area contributed by atoms with Crippen molar-refractivity contribution in [3.63, 3.8) is 0 Å². The van der Waals surface area contributed by atoms with Gasteiger partial charge in [-0.25, -0.2) is 0 Å². The highest BCUT2D eigenvalue weighted by molar-refractivity contribution is 9.10. The van der Waals surface area contributed by atoms with Crippen molar-refractivity contribution in [1.29, 1.82) is 0 Å².